The largest absolute Gasteiger partial charge is 0.377 e. The number of piperidine rings is 1. The molecule has 0 bridgehead atoms. The Morgan fingerprint density at radius 2 is 2.19 bits per heavy atom. The summed E-state index contributed by atoms with van der Waals surface area (Å²) in [4.78, 5) is 2.38. The molecule has 0 aromatic rings. The van der Waals surface area contributed by atoms with Gasteiger partial charge in [-0.15, -0.1) is 0 Å². The predicted molar refractivity (Wildman–Crippen MR) is 68.8 cm³/mol. The first-order valence-corrected chi connectivity index (χ1v) is 6.63. The molecule has 1 aliphatic rings. The summed E-state index contributed by atoms with van der Waals surface area (Å²) in [6.45, 7) is 10.7. The van der Waals surface area contributed by atoms with Crippen LogP contribution < -0.4 is 5.32 Å². The molecule has 0 aromatic heterocycles. The molecule has 0 radical (unpaired) electrons. The van der Waals surface area contributed by atoms with Gasteiger partial charge in [0.2, 0.25) is 0 Å². The van der Waals surface area contributed by atoms with Crippen molar-refractivity contribution in [2.45, 2.75) is 45.8 Å². The Bertz CT molecular complexity index is 185. The molecule has 0 aromatic carbocycles. The summed E-state index contributed by atoms with van der Waals surface area (Å²) in [6, 6.07) is 0.665. The van der Waals surface area contributed by atoms with Crippen LogP contribution in [0.15, 0.2) is 0 Å². The molecule has 1 saturated heterocycles. The van der Waals surface area contributed by atoms with E-state index >= 15 is 0 Å². The first-order valence-electron chi connectivity index (χ1n) is 6.63. The topological polar surface area (TPSA) is 24.5 Å². The van der Waals surface area contributed by atoms with E-state index in [4.69, 9.17) is 4.74 Å². The van der Waals surface area contributed by atoms with E-state index in [1.165, 1.54) is 19.4 Å². The SMILES string of the molecule is CC(C)OCCN(C)CC1NCCCC1C. The van der Waals surface area contributed by atoms with Crippen LogP contribution in [0.2, 0.25) is 0 Å². The minimum absolute atomic E-state index is 0.347. The zero-order valence-electron chi connectivity index (χ0n) is 11.3. The van der Waals surface area contributed by atoms with E-state index in [9.17, 15) is 0 Å². The number of likely N-dealkylation sites (N-methyl/N-ethyl adjacent to an activating group) is 1. The maximum Gasteiger partial charge on any atom is 0.0596 e. The number of ether oxygens (including phenoxy) is 1. The Morgan fingerprint density at radius 3 is 2.81 bits per heavy atom. The first-order chi connectivity index (χ1) is 7.59. The Balaban J connectivity index is 2.14. The molecule has 1 aliphatic heterocycles. The quantitative estimate of drug-likeness (QED) is 0.749. The van der Waals surface area contributed by atoms with E-state index in [1.807, 2.05) is 0 Å². The van der Waals surface area contributed by atoms with Crippen molar-refractivity contribution in [3.05, 3.63) is 0 Å². The molecular formula is C13H28N2O. The third-order valence-electron chi connectivity index (χ3n) is 3.36. The molecule has 1 fully saturated rings. The van der Waals surface area contributed by atoms with Crippen LogP contribution in [0.5, 0.6) is 0 Å². The van der Waals surface area contributed by atoms with Gasteiger partial charge in [0.1, 0.15) is 0 Å². The second-order valence-corrected chi connectivity index (χ2v) is 5.36. The number of hydrogen-bond donors (Lipinski definition) is 1. The summed E-state index contributed by atoms with van der Waals surface area (Å²) in [6.07, 6.45) is 3.05. The maximum atomic E-state index is 5.57. The molecule has 2 atom stereocenters. The average Bonchev–Trinajstić information content (AvgIpc) is 2.21. The van der Waals surface area contributed by atoms with Crippen molar-refractivity contribution in [1.29, 1.82) is 0 Å². The van der Waals surface area contributed by atoms with Crippen LogP contribution in [0.4, 0.5) is 0 Å². The molecular weight excluding hydrogens is 200 g/mol. The van der Waals surface area contributed by atoms with Gasteiger partial charge in [-0.25, -0.2) is 0 Å². The molecule has 1 heterocycles. The second kappa shape index (κ2) is 7.25. The number of rotatable bonds is 6. The van der Waals surface area contributed by atoms with Crippen LogP contribution in [0, 0.1) is 5.92 Å². The molecule has 3 heteroatoms. The lowest BCUT2D eigenvalue weighted by Crippen LogP contribution is -2.47. The molecule has 2 unspecified atom stereocenters. The van der Waals surface area contributed by atoms with Gasteiger partial charge in [0.25, 0.3) is 0 Å². The monoisotopic (exact) mass is 228 g/mol. The minimum Gasteiger partial charge on any atom is -0.377 e. The fourth-order valence-corrected chi connectivity index (χ4v) is 2.23. The Morgan fingerprint density at radius 1 is 1.44 bits per heavy atom. The van der Waals surface area contributed by atoms with E-state index in [-0.39, 0.29) is 0 Å². The molecule has 16 heavy (non-hydrogen) atoms. The van der Waals surface area contributed by atoms with Crippen molar-refractivity contribution in [3.63, 3.8) is 0 Å². The molecule has 0 spiro atoms. The van der Waals surface area contributed by atoms with Crippen molar-refractivity contribution in [3.8, 4) is 0 Å². The Hall–Kier alpha value is -0.120. The lowest BCUT2D eigenvalue weighted by molar-refractivity contribution is 0.0602. The van der Waals surface area contributed by atoms with Crippen LogP contribution in [0.3, 0.4) is 0 Å². The Labute approximate surface area is 101 Å². The van der Waals surface area contributed by atoms with Gasteiger partial charge in [-0.2, -0.15) is 0 Å². The average molecular weight is 228 g/mol. The van der Waals surface area contributed by atoms with Crippen LogP contribution >= 0.6 is 0 Å². The number of nitrogens with one attached hydrogen (secondary N) is 1. The van der Waals surface area contributed by atoms with E-state index in [2.05, 4.69) is 38.0 Å². The van der Waals surface area contributed by atoms with Crippen LogP contribution in [0.25, 0.3) is 0 Å². The first kappa shape index (κ1) is 13.9. The second-order valence-electron chi connectivity index (χ2n) is 5.36. The number of hydrogen-bond acceptors (Lipinski definition) is 3. The van der Waals surface area contributed by atoms with Crippen molar-refractivity contribution >= 4 is 0 Å². The summed E-state index contributed by atoms with van der Waals surface area (Å²) in [5, 5.41) is 3.62. The summed E-state index contributed by atoms with van der Waals surface area (Å²) in [7, 11) is 2.19. The standard InChI is InChI=1S/C13H28N2O/c1-11(2)16-9-8-15(4)10-13-12(3)6-5-7-14-13/h11-14H,5-10H2,1-4H3. The van der Waals surface area contributed by atoms with Gasteiger partial charge >= 0.3 is 0 Å². The van der Waals surface area contributed by atoms with Crippen molar-refractivity contribution in [1.82, 2.24) is 10.2 Å². The normalized spacial score (nSPS) is 26.6. The zero-order chi connectivity index (χ0) is 12.0. The van der Waals surface area contributed by atoms with Gasteiger partial charge in [-0.3, -0.25) is 0 Å². The maximum absolute atomic E-state index is 5.57. The van der Waals surface area contributed by atoms with Gasteiger partial charge in [-0.05, 0) is 46.2 Å². The smallest absolute Gasteiger partial charge is 0.0596 e. The minimum atomic E-state index is 0.347. The lowest BCUT2D eigenvalue weighted by atomic mass is 9.92. The van der Waals surface area contributed by atoms with Crippen LogP contribution in [0.1, 0.15) is 33.6 Å². The van der Waals surface area contributed by atoms with Crippen molar-refractivity contribution in [2.75, 3.05) is 33.3 Å². The Kier molecular flexibility index (Phi) is 6.32. The summed E-state index contributed by atoms with van der Waals surface area (Å²) < 4.78 is 5.57. The third-order valence-corrected chi connectivity index (χ3v) is 3.36. The fraction of sp³-hybridized carbons (Fsp3) is 1.00. The van der Waals surface area contributed by atoms with E-state index in [0.29, 0.717) is 12.1 Å². The van der Waals surface area contributed by atoms with Crippen molar-refractivity contribution in [2.24, 2.45) is 5.92 Å². The fourth-order valence-electron chi connectivity index (χ4n) is 2.23. The molecule has 96 valence electrons. The van der Waals surface area contributed by atoms with Crippen LogP contribution in [-0.4, -0.2) is 50.3 Å². The van der Waals surface area contributed by atoms with E-state index < -0.39 is 0 Å². The molecule has 3 nitrogen and oxygen atoms in total. The summed E-state index contributed by atoms with van der Waals surface area (Å²) >= 11 is 0. The van der Waals surface area contributed by atoms with Crippen LogP contribution in [-0.2, 0) is 4.74 Å². The molecule has 0 amide bonds. The number of nitrogens with zero attached hydrogens (tertiary/aromatic N) is 1. The van der Waals surface area contributed by atoms with E-state index in [1.54, 1.807) is 0 Å². The molecule has 1 rings (SSSR count). The highest BCUT2D eigenvalue weighted by atomic mass is 16.5. The van der Waals surface area contributed by atoms with Gasteiger partial charge in [0.05, 0.1) is 12.7 Å². The van der Waals surface area contributed by atoms with E-state index in [0.717, 1.165) is 25.6 Å². The lowest BCUT2D eigenvalue weighted by Gasteiger charge is -2.33. The zero-order valence-corrected chi connectivity index (χ0v) is 11.3. The predicted octanol–water partition coefficient (Wildman–Crippen LogP) is 1.73. The highest BCUT2D eigenvalue weighted by Crippen LogP contribution is 2.15. The highest BCUT2D eigenvalue weighted by Gasteiger charge is 2.21. The molecule has 0 aliphatic carbocycles. The van der Waals surface area contributed by atoms with Gasteiger partial charge in [-0.1, -0.05) is 6.92 Å². The highest BCUT2D eigenvalue weighted by molar-refractivity contribution is 4.80. The van der Waals surface area contributed by atoms with Gasteiger partial charge in [0.15, 0.2) is 0 Å². The molecule has 0 saturated carbocycles. The summed E-state index contributed by atoms with van der Waals surface area (Å²) in [5.74, 6) is 0.808. The third kappa shape index (κ3) is 5.28. The molecule has 1 N–H and O–H groups in total. The van der Waals surface area contributed by atoms with Gasteiger partial charge in [0, 0.05) is 19.1 Å². The van der Waals surface area contributed by atoms with Crippen molar-refractivity contribution < 1.29 is 4.74 Å². The summed E-state index contributed by atoms with van der Waals surface area (Å²) in [5.41, 5.74) is 0. The van der Waals surface area contributed by atoms with Gasteiger partial charge < -0.3 is 15.0 Å².